The molecule has 0 fully saturated rings. The highest BCUT2D eigenvalue weighted by Crippen LogP contribution is 2.39. The second kappa shape index (κ2) is 15.7. The van der Waals surface area contributed by atoms with Crippen molar-refractivity contribution in [3.63, 3.8) is 0 Å². The lowest BCUT2D eigenvalue weighted by Crippen LogP contribution is -2.37. The number of carbonyl (C=O) groups excluding carboxylic acids is 2. The zero-order valence-corrected chi connectivity index (χ0v) is 29.6. The van der Waals surface area contributed by atoms with Gasteiger partial charge in [0.25, 0.3) is 5.91 Å². The lowest BCUT2D eigenvalue weighted by Gasteiger charge is -2.32. The van der Waals surface area contributed by atoms with Crippen molar-refractivity contribution in [1.29, 1.82) is 0 Å². The predicted molar refractivity (Wildman–Crippen MR) is 188 cm³/mol. The molecule has 262 valence electrons. The first-order chi connectivity index (χ1) is 23.5. The minimum Gasteiger partial charge on any atom is -0.484 e. The summed E-state index contributed by atoms with van der Waals surface area (Å²) in [6.07, 6.45) is 4.11. The molecular formula is C36H49N9O4. The van der Waals surface area contributed by atoms with Crippen LogP contribution >= 0.6 is 0 Å². The fourth-order valence-corrected chi connectivity index (χ4v) is 5.77. The van der Waals surface area contributed by atoms with Crippen molar-refractivity contribution >= 4 is 23.4 Å². The number of nitrogens with zero attached hydrogens (tertiary/aromatic N) is 6. The van der Waals surface area contributed by atoms with Gasteiger partial charge in [-0.15, -0.1) is 10.2 Å². The van der Waals surface area contributed by atoms with E-state index in [1.165, 1.54) is 0 Å². The fourth-order valence-electron chi connectivity index (χ4n) is 5.77. The smallest absolute Gasteiger partial charge is 0.320 e. The van der Waals surface area contributed by atoms with Crippen LogP contribution in [0.15, 0.2) is 48.7 Å². The Kier molecular flexibility index (Phi) is 11.5. The number of aromatic nitrogens is 5. The Bertz CT molecular complexity index is 1750. The summed E-state index contributed by atoms with van der Waals surface area (Å²) in [5.74, 6) is 1.78. The van der Waals surface area contributed by atoms with E-state index in [-0.39, 0.29) is 35.1 Å². The van der Waals surface area contributed by atoms with Crippen molar-refractivity contribution in [2.24, 2.45) is 0 Å². The molecule has 1 aliphatic carbocycles. The standard InChI is InChI=1S/C36H49N9O4/c1-8-23(2)33-43-42-31-16-13-24(22-45(31)33)49-28-15-14-27(25-11-9-10-12-26(25)28)38-35(47)41-30-21-29(36(3,4)5)39-32(40-30)34(46)37-17-18-44(6)19-20-48-7/h9-13,16,21-23,27-28H,8,14-15,17-20H2,1-7H3,(H,37,46)(H2,38,39,40,41,47)/t23-,27-,28+/m0/s1. The molecule has 0 spiro atoms. The number of methoxy groups -OCH3 is 1. The van der Waals surface area contributed by atoms with Gasteiger partial charge < -0.3 is 25.0 Å². The molecule has 0 saturated carbocycles. The summed E-state index contributed by atoms with van der Waals surface area (Å²) in [5.41, 5.74) is 3.07. The Morgan fingerprint density at radius 2 is 1.84 bits per heavy atom. The van der Waals surface area contributed by atoms with Crippen LogP contribution in [0.5, 0.6) is 5.75 Å². The predicted octanol–water partition coefficient (Wildman–Crippen LogP) is 5.42. The highest BCUT2D eigenvalue weighted by molar-refractivity contribution is 5.92. The topological polar surface area (TPSA) is 148 Å². The van der Waals surface area contributed by atoms with Crippen molar-refractivity contribution < 1.29 is 19.1 Å². The van der Waals surface area contributed by atoms with E-state index in [0.29, 0.717) is 38.2 Å². The molecule has 3 amide bonds. The summed E-state index contributed by atoms with van der Waals surface area (Å²) in [7, 11) is 3.62. The van der Waals surface area contributed by atoms with E-state index in [9.17, 15) is 9.59 Å². The number of rotatable bonds is 13. The molecule has 0 radical (unpaired) electrons. The van der Waals surface area contributed by atoms with Gasteiger partial charge >= 0.3 is 6.03 Å². The molecule has 13 nitrogen and oxygen atoms in total. The van der Waals surface area contributed by atoms with Crippen LogP contribution in [0.4, 0.5) is 10.6 Å². The highest BCUT2D eigenvalue weighted by Gasteiger charge is 2.30. The molecule has 0 saturated heterocycles. The number of ether oxygens (including phenoxy) is 2. The van der Waals surface area contributed by atoms with Gasteiger partial charge in [0.2, 0.25) is 5.82 Å². The Morgan fingerprint density at radius 1 is 1.06 bits per heavy atom. The number of nitrogens with one attached hydrogen (secondary N) is 3. The van der Waals surface area contributed by atoms with Gasteiger partial charge in [0, 0.05) is 44.1 Å². The average molecular weight is 672 g/mol. The molecule has 13 heteroatoms. The molecular weight excluding hydrogens is 622 g/mol. The summed E-state index contributed by atoms with van der Waals surface area (Å²) in [5, 5.41) is 17.6. The van der Waals surface area contributed by atoms with Crippen molar-refractivity contribution in [2.45, 2.75) is 77.4 Å². The fraction of sp³-hybridized carbons (Fsp3) is 0.500. The van der Waals surface area contributed by atoms with Gasteiger partial charge in [-0.2, -0.15) is 0 Å². The summed E-state index contributed by atoms with van der Waals surface area (Å²) in [6.45, 7) is 12.7. The molecule has 5 rings (SSSR count). The molecule has 0 unspecified atom stereocenters. The van der Waals surface area contributed by atoms with Crippen molar-refractivity contribution in [2.75, 3.05) is 45.7 Å². The van der Waals surface area contributed by atoms with Gasteiger partial charge in [-0.25, -0.2) is 14.8 Å². The summed E-state index contributed by atoms with van der Waals surface area (Å²) in [4.78, 5) is 37.5. The van der Waals surface area contributed by atoms with Crippen molar-refractivity contribution in [3.05, 3.63) is 77.1 Å². The van der Waals surface area contributed by atoms with Gasteiger partial charge in [-0.1, -0.05) is 58.9 Å². The van der Waals surface area contributed by atoms with Crippen LogP contribution in [0, 0.1) is 0 Å². The summed E-state index contributed by atoms with van der Waals surface area (Å²) < 4.78 is 13.7. The second-order valence-electron chi connectivity index (χ2n) is 13.7. The van der Waals surface area contributed by atoms with Crippen molar-refractivity contribution in [1.82, 2.24) is 40.1 Å². The van der Waals surface area contributed by atoms with Crippen LogP contribution in [0.1, 0.15) is 105 Å². The summed E-state index contributed by atoms with van der Waals surface area (Å²) >= 11 is 0. The van der Waals surface area contributed by atoms with E-state index in [4.69, 9.17) is 9.47 Å². The van der Waals surface area contributed by atoms with Gasteiger partial charge in [0.15, 0.2) is 5.65 Å². The number of amides is 3. The number of urea groups is 1. The highest BCUT2D eigenvalue weighted by atomic mass is 16.5. The number of anilines is 1. The zero-order chi connectivity index (χ0) is 35.1. The third-order valence-electron chi connectivity index (χ3n) is 8.87. The van der Waals surface area contributed by atoms with Crippen LogP contribution in [-0.4, -0.2) is 81.8 Å². The lowest BCUT2D eigenvalue weighted by molar-refractivity contribution is 0.0936. The van der Waals surface area contributed by atoms with E-state index >= 15 is 0 Å². The largest absolute Gasteiger partial charge is 0.484 e. The molecule has 1 aliphatic rings. The number of carbonyl (C=O) groups is 2. The Morgan fingerprint density at radius 3 is 2.57 bits per heavy atom. The van der Waals surface area contributed by atoms with Crippen LogP contribution in [0.2, 0.25) is 0 Å². The van der Waals surface area contributed by atoms with Gasteiger partial charge in [0.05, 0.1) is 24.5 Å². The number of hydrogen-bond donors (Lipinski definition) is 3. The zero-order valence-electron chi connectivity index (χ0n) is 29.6. The van der Waals surface area contributed by atoms with E-state index in [1.54, 1.807) is 13.2 Å². The maximum atomic E-state index is 13.4. The third kappa shape index (κ3) is 8.90. The number of fused-ring (bicyclic) bond motifs is 2. The Hall–Kier alpha value is -4.62. The van der Waals surface area contributed by atoms with Crippen LogP contribution in [0.25, 0.3) is 5.65 Å². The minimum atomic E-state index is -0.417. The molecule has 0 bridgehead atoms. The number of likely N-dealkylation sites (N-methyl/N-ethyl adjacent to an activating group) is 1. The van der Waals surface area contributed by atoms with Gasteiger partial charge in [-0.05, 0) is 49.6 Å². The third-order valence-corrected chi connectivity index (χ3v) is 8.87. The van der Waals surface area contributed by atoms with Crippen LogP contribution in [0.3, 0.4) is 0 Å². The minimum absolute atomic E-state index is 0.00575. The van der Waals surface area contributed by atoms with E-state index in [2.05, 4.69) is 54.9 Å². The van der Waals surface area contributed by atoms with E-state index in [1.807, 2.05) is 74.8 Å². The monoisotopic (exact) mass is 671 g/mol. The Labute approximate surface area is 288 Å². The molecule has 4 aromatic rings. The number of pyridine rings is 1. The maximum absolute atomic E-state index is 13.4. The number of hydrogen-bond acceptors (Lipinski definition) is 9. The SMILES string of the molecule is CC[C@H](C)c1nnc2ccc(O[C@@H]3CC[C@H](NC(=O)Nc4cc(C(C)(C)C)nc(C(=O)NCCN(C)CCOC)n4)c4ccccc43)cn12. The first-order valence-corrected chi connectivity index (χ1v) is 17.0. The second-order valence-corrected chi connectivity index (χ2v) is 13.7. The van der Waals surface area contributed by atoms with E-state index in [0.717, 1.165) is 41.3 Å². The summed E-state index contributed by atoms with van der Waals surface area (Å²) in [6, 6.07) is 12.9. The van der Waals surface area contributed by atoms with Crippen LogP contribution in [-0.2, 0) is 10.2 Å². The molecule has 49 heavy (non-hydrogen) atoms. The van der Waals surface area contributed by atoms with Crippen molar-refractivity contribution in [3.8, 4) is 5.75 Å². The van der Waals surface area contributed by atoms with Gasteiger partial charge in [0.1, 0.15) is 23.5 Å². The van der Waals surface area contributed by atoms with Crippen LogP contribution < -0.4 is 20.7 Å². The first kappa shape index (κ1) is 35.7. The normalized spacial score (nSPS) is 16.7. The molecule has 1 aromatic carbocycles. The lowest BCUT2D eigenvalue weighted by atomic mass is 9.85. The number of benzene rings is 1. The Balaban J connectivity index is 1.27. The molecule has 3 N–H and O–H groups in total. The average Bonchev–Trinajstić information content (AvgIpc) is 3.51. The van der Waals surface area contributed by atoms with E-state index < -0.39 is 11.9 Å². The molecule has 3 atom stereocenters. The first-order valence-electron chi connectivity index (χ1n) is 17.0. The molecule has 3 aromatic heterocycles. The molecule has 0 aliphatic heterocycles. The van der Waals surface area contributed by atoms with Gasteiger partial charge in [-0.3, -0.25) is 14.5 Å². The molecule has 3 heterocycles. The quantitative estimate of drug-likeness (QED) is 0.170. The maximum Gasteiger partial charge on any atom is 0.320 e.